The second-order valence-electron chi connectivity index (χ2n) is 6.54. The Balaban J connectivity index is 1.73. The highest BCUT2D eigenvalue weighted by atomic mass is 16.5. The Morgan fingerprint density at radius 1 is 1.00 bits per heavy atom. The third-order valence-corrected chi connectivity index (χ3v) is 4.57. The van der Waals surface area contributed by atoms with E-state index in [1.807, 2.05) is 31.2 Å². The Bertz CT molecular complexity index is 875. The number of rotatable bonds is 8. The van der Waals surface area contributed by atoms with Gasteiger partial charge in [0.25, 0.3) is 0 Å². The van der Waals surface area contributed by atoms with Crippen molar-refractivity contribution in [1.82, 2.24) is 9.88 Å². The molecule has 1 aromatic heterocycles. The maximum Gasteiger partial charge on any atom is 0.230 e. The zero-order chi connectivity index (χ0) is 19.2. The van der Waals surface area contributed by atoms with Gasteiger partial charge in [0.2, 0.25) is 5.89 Å². The molecule has 0 amide bonds. The number of para-hydroxylation sites is 1. The first-order chi connectivity index (χ1) is 13.1. The van der Waals surface area contributed by atoms with Crippen molar-refractivity contribution < 1.29 is 13.9 Å². The van der Waals surface area contributed by atoms with Crippen molar-refractivity contribution in [3.63, 3.8) is 0 Å². The number of hydrogen-bond donors (Lipinski definition) is 0. The highest BCUT2D eigenvalue weighted by molar-refractivity contribution is 5.68. The fraction of sp³-hybridized carbons (Fsp3) is 0.318. The number of methoxy groups -OCH3 is 2. The summed E-state index contributed by atoms with van der Waals surface area (Å²) in [5.74, 6) is 2.66. The van der Waals surface area contributed by atoms with Crippen LogP contribution in [0.3, 0.4) is 0 Å². The minimum absolute atomic E-state index is 0.551. The van der Waals surface area contributed by atoms with E-state index < -0.39 is 0 Å². The molecule has 0 saturated heterocycles. The molecular weight excluding hydrogens is 340 g/mol. The lowest BCUT2D eigenvalue weighted by atomic mass is 10.1. The van der Waals surface area contributed by atoms with Crippen molar-refractivity contribution in [2.24, 2.45) is 0 Å². The van der Waals surface area contributed by atoms with E-state index in [1.54, 1.807) is 14.2 Å². The van der Waals surface area contributed by atoms with Crippen molar-refractivity contribution in [2.45, 2.75) is 19.9 Å². The Morgan fingerprint density at radius 3 is 2.48 bits per heavy atom. The molecule has 0 N–H and O–H groups in total. The number of ether oxygens (including phenoxy) is 2. The van der Waals surface area contributed by atoms with E-state index in [-0.39, 0.29) is 0 Å². The highest BCUT2D eigenvalue weighted by Crippen LogP contribution is 2.37. The average molecular weight is 366 g/mol. The molecule has 0 aliphatic heterocycles. The lowest BCUT2D eigenvalue weighted by Crippen LogP contribution is -2.21. The van der Waals surface area contributed by atoms with Crippen LogP contribution in [0.4, 0.5) is 0 Å². The molecule has 0 bridgehead atoms. The van der Waals surface area contributed by atoms with Gasteiger partial charge in [-0.25, -0.2) is 4.98 Å². The van der Waals surface area contributed by atoms with Gasteiger partial charge < -0.3 is 18.8 Å². The number of oxazole rings is 1. The number of aryl methyl sites for hydroxylation is 1. The molecule has 2 aromatic carbocycles. The molecule has 3 aromatic rings. The minimum atomic E-state index is 0.551. The van der Waals surface area contributed by atoms with Gasteiger partial charge in [-0.15, -0.1) is 0 Å². The van der Waals surface area contributed by atoms with Gasteiger partial charge in [-0.05, 0) is 38.1 Å². The summed E-state index contributed by atoms with van der Waals surface area (Å²) in [5.41, 5.74) is 3.06. The smallest absolute Gasteiger partial charge is 0.230 e. The van der Waals surface area contributed by atoms with Crippen LogP contribution in [0.15, 0.2) is 52.9 Å². The Hall–Kier alpha value is -2.79. The van der Waals surface area contributed by atoms with Gasteiger partial charge in [-0.3, -0.25) is 0 Å². The van der Waals surface area contributed by atoms with Crippen molar-refractivity contribution in [3.8, 4) is 23.0 Å². The standard InChI is InChI=1S/C22H26N2O3/c1-16-19(15-24(2)14-13-17-9-6-5-7-10-17)23-22(27-16)18-11-8-12-20(25-3)21(18)26-4/h5-12H,13-15H2,1-4H3. The first kappa shape index (κ1) is 19.0. The third-order valence-electron chi connectivity index (χ3n) is 4.57. The molecule has 0 aliphatic carbocycles. The van der Waals surface area contributed by atoms with Crippen LogP contribution in [-0.2, 0) is 13.0 Å². The average Bonchev–Trinajstić information content (AvgIpc) is 3.06. The maximum atomic E-state index is 5.93. The fourth-order valence-corrected chi connectivity index (χ4v) is 3.04. The Morgan fingerprint density at radius 2 is 1.78 bits per heavy atom. The van der Waals surface area contributed by atoms with Gasteiger partial charge >= 0.3 is 0 Å². The van der Waals surface area contributed by atoms with Crippen molar-refractivity contribution in [3.05, 3.63) is 65.5 Å². The van der Waals surface area contributed by atoms with Gasteiger partial charge in [0.05, 0.1) is 25.5 Å². The largest absolute Gasteiger partial charge is 0.493 e. The van der Waals surface area contributed by atoms with Crippen molar-refractivity contribution in [2.75, 3.05) is 27.8 Å². The summed E-state index contributed by atoms with van der Waals surface area (Å²) in [4.78, 5) is 6.97. The molecule has 1 heterocycles. The Kier molecular flexibility index (Phi) is 6.14. The van der Waals surface area contributed by atoms with E-state index in [1.165, 1.54) is 5.56 Å². The molecule has 3 rings (SSSR count). The SMILES string of the molecule is COc1cccc(-c2nc(CN(C)CCc3ccccc3)c(C)o2)c1OC. The number of benzene rings is 2. The molecule has 0 atom stereocenters. The van der Waals surface area contributed by atoms with Gasteiger partial charge in [0.1, 0.15) is 5.76 Å². The molecule has 0 aliphatic rings. The highest BCUT2D eigenvalue weighted by Gasteiger charge is 2.18. The molecule has 27 heavy (non-hydrogen) atoms. The first-order valence-electron chi connectivity index (χ1n) is 9.02. The van der Waals surface area contributed by atoms with Crippen LogP contribution < -0.4 is 9.47 Å². The van der Waals surface area contributed by atoms with Crippen LogP contribution in [0.25, 0.3) is 11.5 Å². The van der Waals surface area contributed by atoms with E-state index in [0.29, 0.717) is 17.4 Å². The van der Waals surface area contributed by atoms with Crippen LogP contribution >= 0.6 is 0 Å². The van der Waals surface area contributed by atoms with Crippen LogP contribution in [0.1, 0.15) is 17.0 Å². The summed E-state index contributed by atoms with van der Waals surface area (Å²) in [6, 6.07) is 16.2. The first-order valence-corrected chi connectivity index (χ1v) is 9.02. The maximum absolute atomic E-state index is 5.93. The van der Waals surface area contributed by atoms with E-state index >= 15 is 0 Å². The third kappa shape index (κ3) is 4.49. The molecule has 5 nitrogen and oxygen atoms in total. The molecule has 142 valence electrons. The lowest BCUT2D eigenvalue weighted by Gasteiger charge is -2.15. The summed E-state index contributed by atoms with van der Waals surface area (Å²) in [6.45, 7) is 3.63. The zero-order valence-electron chi connectivity index (χ0n) is 16.4. The van der Waals surface area contributed by atoms with Crippen LogP contribution in [0, 0.1) is 6.92 Å². The normalized spacial score (nSPS) is 11.0. The molecule has 0 unspecified atom stereocenters. The quantitative estimate of drug-likeness (QED) is 0.593. The summed E-state index contributed by atoms with van der Waals surface area (Å²) in [7, 11) is 5.34. The topological polar surface area (TPSA) is 47.7 Å². The second-order valence-corrected chi connectivity index (χ2v) is 6.54. The lowest BCUT2D eigenvalue weighted by molar-refractivity contribution is 0.325. The van der Waals surface area contributed by atoms with Gasteiger partial charge in [0, 0.05) is 13.1 Å². The second kappa shape index (κ2) is 8.73. The van der Waals surface area contributed by atoms with E-state index in [9.17, 15) is 0 Å². The Labute approximate surface area is 160 Å². The molecule has 0 radical (unpaired) electrons. The van der Waals surface area contributed by atoms with E-state index in [2.05, 4.69) is 36.2 Å². The monoisotopic (exact) mass is 366 g/mol. The minimum Gasteiger partial charge on any atom is -0.493 e. The van der Waals surface area contributed by atoms with Crippen LogP contribution in [0.5, 0.6) is 11.5 Å². The van der Waals surface area contributed by atoms with Gasteiger partial charge in [0.15, 0.2) is 11.5 Å². The van der Waals surface area contributed by atoms with E-state index in [4.69, 9.17) is 18.9 Å². The van der Waals surface area contributed by atoms with E-state index in [0.717, 1.165) is 36.5 Å². The van der Waals surface area contributed by atoms with Gasteiger partial charge in [-0.1, -0.05) is 36.4 Å². The molecule has 0 spiro atoms. The van der Waals surface area contributed by atoms with Crippen LogP contribution in [0.2, 0.25) is 0 Å². The van der Waals surface area contributed by atoms with Crippen molar-refractivity contribution >= 4 is 0 Å². The van der Waals surface area contributed by atoms with Crippen LogP contribution in [-0.4, -0.2) is 37.7 Å². The molecule has 0 fully saturated rings. The predicted octanol–water partition coefficient (Wildman–Crippen LogP) is 4.34. The molecule has 5 heteroatoms. The fourth-order valence-electron chi connectivity index (χ4n) is 3.04. The number of aromatic nitrogens is 1. The number of hydrogen-bond acceptors (Lipinski definition) is 5. The zero-order valence-corrected chi connectivity index (χ0v) is 16.4. The summed E-state index contributed by atoms with van der Waals surface area (Å²) < 4.78 is 16.8. The summed E-state index contributed by atoms with van der Waals surface area (Å²) >= 11 is 0. The number of nitrogens with zero attached hydrogens (tertiary/aromatic N) is 2. The van der Waals surface area contributed by atoms with Crippen molar-refractivity contribution in [1.29, 1.82) is 0 Å². The van der Waals surface area contributed by atoms with Gasteiger partial charge in [-0.2, -0.15) is 0 Å². The predicted molar refractivity (Wildman–Crippen MR) is 106 cm³/mol. The molecule has 0 saturated carbocycles. The molecular formula is C22H26N2O3. The number of likely N-dealkylation sites (N-methyl/N-ethyl adjacent to an activating group) is 1. The summed E-state index contributed by atoms with van der Waals surface area (Å²) in [5, 5.41) is 0. The summed E-state index contributed by atoms with van der Waals surface area (Å²) in [6.07, 6.45) is 1.00.